The summed E-state index contributed by atoms with van der Waals surface area (Å²) in [4.78, 5) is 1.47. The van der Waals surface area contributed by atoms with Crippen molar-refractivity contribution in [3.05, 3.63) is 56.2 Å². The van der Waals surface area contributed by atoms with Gasteiger partial charge < -0.3 is 5.32 Å². The van der Waals surface area contributed by atoms with Gasteiger partial charge in [-0.05, 0) is 61.9 Å². The lowest BCUT2D eigenvalue weighted by atomic mass is 10.0. The highest BCUT2D eigenvalue weighted by Crippen LogP contribution is 2.23. The summed E-state index contributed by atoms with van der Waals surface area (Å²) in [5, 5.41) is 6.79. The quantitative estimate of drug-likeness (QED) is 0.736. The fourth-order valence-electron chi connectivity index (χ4n) is 2.28. The standard InChI is InChI=1S/C16H19Cl2NS/c1-19-13(4-2-5-14-6-3-9-20-14)10-12-7-8-15(17)16(18)11-12/h3,6-9,11,13,19H,2,4-5,10H2,1H3. The molecule has 0 aliphatic rings. The van der Waals surface area contributed by atoms with E-state index < -0.39 is 0 Å². The monoisotopic (exact) mass is 327 g/mol. The molecule has 0 saturated carbocycles. The van der Waals surface area contributed by atoms with Gasteiger partial charge in [-0.25, -0.2) is 0 Å². The summed E-state index contributed by atoms with van der Waals surface area (Å²) in [6.07, 6.45) is 4.51. The molecule has 2 aromatic rings. The Morgan fingerprint density at radius 2 is 2.05 bits per heavy atom. The Morgan fingerprint density at radius 3 is 2.70 bits per heavy atom. The van der Waals surface area contributed by atoms with Crippen molar-refractivity contribution in [2.24, 2.45) is 0 Å². The van der Waals surface area contributed by atoms with Crippen molar-refractivity contribution in [3.63, 3.8) is 0 Å². The van der Waals surface area contributed by atoms with Gasteiger partial charge in [-0.15, -0.1) is 11.3 Å². The predicted octanol–water partition coefficient (Wildman–Crippen LogP) is 5.21. The Balaban J connectivity index is 1.83. The number of thiophene rings is 1. The third-order valence-corrected chi connectivity index (χ3v) is 5.11. The lowest BCUT2D eigenvalue weighted by molar-refractivity contribution is 0.503. The largest absolute Gasteiger partial charge is 0.317 e. The van der Waals surface area contributed by atoms with Crippen LogP contribution in [-0.4, -0.2) is 13.1 Å². The predicted molar refractivity (Wildman–Crippen MR) is 90.3 cm³/mol. The molecule has 1 nitrogen and oxygen atoms in total. The van der Waals surface area contributed by atoms with Crippen molar-refractivity contribution in [2.45, 2.75) is 31.7 Å². The third kappa shape index (κ3) is 4.78. The van der Waals surface area contributed by atoms with Gasteiger partial charge in [-0.2, -0.15) is 0 Å². The van der Waals surface area contributed by atoms with Crippen molar-refractivity contribution < 1.29 is 0 Å². The molecule has 1 heterocycles. The van der Waals surface area contributed by atoms with E-state index in [-0.39, 0.29) is 0 Å². The molecule has 0 aliphatic heterocycles. The maximum absolute atomic E-state index is 6.06. The van der Waals surface area contributed by atoms with Crippen LogP contribution in [-0.2, 0) is 12.8 Å². The number of benzene rings is 1. The molecule has 0 aliphatic carbocycles. The van der Waals surface area contributed by atoms with Crippen molar-refractivity contribution in [1.29, 1.82) is 0 Å². The molecule has 1 atom stereocenters. The van der Waals surface area contributed by atoms with E-state index in [4.69, 9.17) is 23.2 Å². The molecule has 0 radical (unpaired) electrons. The highest BCUT2D eigenvalue weighted by atomic mass is 35.5. The van der Waals surface area contributed by atoms with E-state index in [1.807, 2.05) is 30.5 Å². The van der Waals surface area contributed by atoms with E-state index in [0.29, 0.717) is 16.1 Å². The molecule has 0 spiro atoms. The highest BCUT2D eigenvalue weighted by molar-refractivity contribution is 7.09. The summed E-state index contributed by atoms with van der Waals surface area (Å²) in [6, 6.07) is 10.7. The Hall–Kier alpha value is -0.540. The van der Waals surface area contributed by atoms with Gasteiger partial charge >= 0.3 is 0 Å². The number of halogens is 2. The van der Waals surface area contributed by atoms with Gasteiger partial charge in [-0.3, -0.25) is 0 Å². The van der Waals surface area contributed by atoms with Crippen LogP contribution in [0.1, 0.15) is 23.3 Å². The molecule has 20 heavy (non-hydrogen) atoms. The summed E-state index contributed by atoms with van der Waals surface area (Å²) < 4.78 is 0. The van der Waals surface area contributed by atoms with E-state index in [0.717, 1.165) is 19.3 Å². The summed E-state index contributed by atoms with van der Waals surface area (Å²) >= 11 is 13.8. The molecule has 1 aromatic heterocycles. The van der Waals surface area contributed by atoms with E-state index in [2.05, 4.69) is 28.9 Å². The average Bonchev–Trinajstić information content (AvgIpc) is 2.95. The lowest BCUT2D eigenvalue weighted by Gasteiger charge is -2.16. The Labute approximate surface area is 134 Å². The second kappa shape index (κ2) is 8.04. The van der Waals surface area contributed by atoms with Gasteiger partial charge in [0.2, 0.25) is 0 Å². The molecular formula is C16H19Cl2NS. The van der Waals surface area contributed by atoms with Crippen LogP contribution in [0, 0.1) is 0 Å². The van der Waals surface area contributed by atoms with Crippen LogP contribution in [0.25, 0.3) is 0 Å². The summed E-state index contributed by atoms with van der Waals surface area (Å²) in [5.74, 6) is 0. The van der Waals surface area contributed by atoms with Crippen LogP contribution < -0.4 is 5.32 Å². The van der Waals surface area contributed by atoms with Crippen LogP contribution in [0.3, 0.4) is 0 Å². The maximum atomic E-state index is 6.06. The van der Waals surface area contributed by atoms with E-state index in [1.165, 1.54) is 16.9 Å². The molecule has 4 heteroatoms. The molecule has 0 amide bonds. The van der Waals surface area contributed by atoms with Gasteiger partial charge in [0.25, 0.3) is 0 Å². The number of hydrogen-bond donors (Lipinski definition) is 1. The Kier molecular flexibility index (Phi) is 6.37. The molecule has 0 bridgehead atoms. The molecule has 0 saturated heterocycles. The first-order chi connectivity index (χ1) is 9.69. The van der Waals surface area contributed by atoms with Gasteiger partial charge in [0.05, 0.1) is 10.0 Å². The minimum absolute atomic E-state index is 0.479. The van der Waals surface area contributed by atoms with Gasteiger partial charge in [0.1, 0.15) is 0 Å². The molecular weight excluding hydrogens is 309 g/mol. The number of nitrogens with one attached hydrogen (secondary N) is 1. The van der Waals surface area contributed by atoms with Gasteiger partial charge in [0.15, 0.2) is 0 Å². The minimum atomic E-state index is 0.479. The van der Waals surface area contributed by atoms with Crippen LogP contribution in [0.15, 0.2) is 35.7 Å². The molecule has 1 unspecified atom stereocenters. The number of likely N-dealkylation sites (N-methyl/N-ethyl adjacent to an activating group) is 1. The maximum Gasteiger partial charge on any atom is 0.0595 e. The molecule has 0 fully saturated rings. The van der Waals surface area contributed by atoms with Gasteiger partial charge in [0, 0.05) is 10.9 Å². The van der Waals surface area contributed by atoms with Crippen molar-refractivity contribution in [3.8, 4) is 0 Å². The minimum Gasteiger partial charge on any atom is -0.317 e. The van der Waals surface area contributed by atoms with E-state index in [1.54, 1.807) is 0 Å². The molecule has 2 rings (SSSR count). The third-order valence-electron chi connectivity index (χ3n) is 3.43. The second-order valence-electron chi connectivity index (χ2n) is 4.91. The van der Waals surface area contributed by atoms with Crippen LogP contribution >= 0.6 is 34.5 Å². The molecule has 1 N–H and O–H groups in total. The lowest BCUT2D eigenvalue weighted by Crippen LogP contribution is -2.27. The SMILES string of the molecule is CNC(CCCc1cccs1)Cc1ccc(Cl)c(Cl)c1. The Morgan fingerprint density at radius 1 is 1.20 bits per heavy atom. The van der Waals surface area contributed by atoms with Crippen LogP contribution in [0.4, 0.5) is 0 Å². The zero-order valence-electron chi connectivity index (χ0n) is 11.5. The fourth-order valence-corrected chi connectivity index (χ4v) is 3.35. The first-order valence-electron chi connectivity index (χ1n) is 6.82. The normalized spacial score (nSPS) is 12.6. The topological polar surface area (TPSA) is 12.0 Å². The van der Waals surface area contributed by atoms with Crippen molar-refractivity contribution in [2.75, 3.05) is 7.05 Å². The smallest absolute Gasteiger partial charge is 0.0595 e. The summed E-state index contributed by atoms with van der Waals surface area (Å²) in [6.45, 7) is 0. The number of aryl methyl sites for hydroxylation is 1. The second-order valence-corrected chi connectivity index (χ2v) is 6.76. The number of rotatable bonds is 7. The van der Waals surface area contributed by atoms with Gasteiger partial charge in [-0.1, -0.05) is 35.3 Å². The van der Waals surface area contributed by atoms with Crippen LogP contribution in [0.5, 0.6) is 0 Å². The zero-order chi connectivity index (χ0) is 14.4. The zero-order valence-corrected chi connectivity index (χ0v) is 13.9. The Bertz CT molecular complexity index is 525. The first-order valence-corrected chi connectivity index (χ1v) is 8.46. The highest BCUT2D eigenvalue weighted by Gasteiger charge is 2.09. The summed E-state index contributed by atoms with van der Waals surface area (Å²) in [7, 11) is 2.02. The van der Waals surface area contributed by atoms with Crippen LogP contribution in [0.2, 0.25) is 10.0 Å². The van der Waals surface area contributed by atoms with Crippen molar-refractivity contribution in [1.82, 2.24) is 5.32 Å². The fraction of sp³-hybridized carbons (Fsp3) is 0.375. The van der Waals surface area contributed by atoms with E-state index >= 15 is 0 Å². The molecule has 1 aromatic carbocycles. The van der Waals surface area contributed by atoms with E-state index in [9.17, 15) is 0 Å². The van der Waals surface area contributed by atoms with Crippen molar-refractivity contribution >= 4 is 34.5 Å². The summed E-state index contributed by atoms with van der Waals surface area (Å²) in [5.41, 5.74) is 1.23. The number of hydrogen-bond acceptors (Lipinski definition) is 2. The molecule has 108 valence electrons. The first kappa shape index (κ1) is 15.8. The average molecular weight is 328 g/mol.